The Morgan fingerprint density at radius 3 is 2.33 bits per heavy atom. The second kappa shape index (κ2) is 7.20. The van der Waals surface area contributed by atoms with Crippen LogP contribution >= 0.6 is 0 Å². The fourth-order valence-corrected chi connectivity index (χ4v) is 2.07. The first kappa shape index (κ1) is 17.1. The van der Waals surface area contributed by atoms with Gasteiger partial charge in [-0.2, -0.15) is 0 Å². The van der Waals surface area contributed by atoms with Crippen molar-refractivity contribution in [2.75, 3.05) is 0 Å². The van der Waals surface area contributed by atoms with Crippen molar-refractivity contribution < 1.29 is 14.5 Å². The summed E-state index contributed by atoms with van der Waals surface area (Å²) in [7, 11) is 0. The van der Waals surface area contributed by atoms with Crippen LogP contribution in [0.2, 0.25) is 0 Å². The van der Waals surface area contributed by atoms with Gasteiger partial charge in [-0.15, -0.1) is 0 Å². The number of carbonyl (C=O) groups is 1. The minimum absolute atomic E-state index is 0.00781. The van der Waals surface area contributed by atoms with Crippen LogP contribution in [-0.2, 0) is 16.0 Å². The molecule has 1 atom stereocenters. The van der Waals surface area contributed by atoms with Gasteiger partial charge in [0.05, 0.1) is 16.4 Å². The third kappa shape index (κ3) is 4.85. The first-order valence-electron chi connectivity index (χ1n) is 7.20. The van der Waals surface area contributed by atoms with Crippen molar-refractivity contribution in [3.8, 4) is 0 Å². The summed E-state index contributed by atoms with van der Waals surface area (Å²) in [5.41, 5.74) is 1.46. The van der Waals surface area contributed by atoms with E-state index in [0.717, 1.165) is 12.0 Å². The number of benzene rings is 1. The van der Waals surface area contributed by atoms with Crippen molar-refractivity contribution in [3.05, 3.63) is 39.4 Å². The van der Waals surface area contributed by atoms with Crippen molar-refractivity contribution >= 4 is 11.7 Å². The van der Waals surface area contributed by atoms with Crippen LogP contribution in [0.3, 0.4) is 0 Å². The van der Waals surface area contributed by atoms with Gasteiger partial charge >= 0.3 is 5.97 Å². The van der Waals surface area contributed by atoms with E-state index in [1.54, 1.807) is 32.9 Å². The molecule has 0 radical (unpaired) electrons. The number of rotatable bonds is 6. The van der Waals surface area contributed by atoms with Gasteiger partial charge in [-0.25, -0.2) is 0 Å². The van der Waals surface area contributed by atoms with Gasteiger partial charge < -0.3 is 4.74 Å². The van der Waals surface area contributed by atoms with E-state index >= 15 is 0 Å². The minimum atomic E-state index is -0.632. The maximum absolute atomic E-state index is 11.7. The van der Waals surface area contributed by atoms with Crippen LogP contribution in [0.4, 0.5) is 5.69 Å². The highest BCUT2D eigenvalue weighted by Gasteiger charge is 2.23. The average molecular weight is 293 g/mol. The van der Waals surface area contributed by atoms with Crippen LogP contribution in [0, 0.1) is 22.0 Å². The van der Waals surface area contributed by atoms with Crippen LogP contribution in [0.15, 0.2) is 18.2 Å². The third-order valence-electron chi connectivity index (χ3n) is 3.13. The topological polar surface area (TPSA) is 69.4 Å². The molecule has 0 amide bonds. The Morgan fingerprint density at radius 2 is 1.86 bits per heavy atom. The van der Waals surface area contributed by atoms with E-state index < -0.39 is 11.0 Å². The minimum Gasteiger partial charge on any atom is -0.457 e. The normalized spacial score (nSPS) is 12.5. The number of hydrogen-bond donors (Lipinski definition) is 0. The Kier molecular flexibility index (Phi) is 5.88. The highest BCUT2D eigenvalue weighted by atomic mass is 16.6. The van der Waals surface area contributed by atoms with E-state index in [4.69, 9.17) is 4.74 Å². The molecule has 1 aromatic rings. The van der Waals surface area contributed by atoms with Crippen molar-refractivity contribution in [2.24, 2.45) is 11.8 Å². The lowest BCUT2D eigenvalue weighted by Crippen LogP contribution is -2.15. The molecule has 0 fully saturated rings. The number of carbonyl (C=O) groups excluding carboxylic acids is 1. The summed E-state index contributed by atoms with van der Waals surface area (Å²) in [6.45, 7) is 9.31. The number of esters is 1. The van der Waals surface area contributed by atoms with Gasteiger partial charge in [0, 0.05) is 6.07 Å². The van der Waals surface area contributed by atoms with Gasteiger partial charge in [0.1, 0.15) is 6.10 Å². The lowest BCUT2D eigenvalue weighted by molar-refractivity contribution is -0.386. The maximum Gasteiger partial charge on any atom is 0.308 e. The molecule has 0 spiro atoms. The third-order valence-corrected chi connectivity index (χ3v) is 3.13. The summed E-state index contributed by atoms with van der Waals surface area (Å²) in [5, 5.41) is 11.1. The number of nitro benzene ring substituents is 1. The highest BCUT2D eigenvalue weighted by molar-refractivity contribution is 5.72. The van der Waals surface area contributed by atoms with Crippen molar-refractivity contribution in [2.45, 2.75) is 47.1 Å². The lowest BCUT2D eigenvalue weighted by Gasteiger charge is -2.16. The van der Waals surface area contributed by atoms with E-state index in [0.29, 0.717) is 11.5 Å². The molecule has 21 heavy (non-hydrogen) atoms. The first-order valence-corrected chi connectivity index (χ1v) is 7.20. The van der Waals surface area contributed by atoms with Crippen LogP contribution in [0.1, 0.15) is 51.8 Å². The summed E-state index contributed by atoms with van der Waals surface area (Å²) in [6, 6.07) is 5.03. The number of hydrogen-bond acceptors (Lipinski definition) is 4. The maximum atomic E-state index is 11.7. The smallest absolute Gasteiger partial charge is 0.308 e. The molecule has 0 aromatic heterocycles. The second-order valence-corrected chi connectivity index (χ2v) is 5.98. The molecule has 5 heteroatoms. The van der Waals surface area contributed by atoms with Crippen LogP contribution in [-0.4, -0.2) is 10.9 Å². The summed E-state index contributed by atoms with van der Waals surface area (Å²) < 4.78 is 5.31. The second-order valence-electron chi connectivity index (χ2n) is 5.98. The van der Waals surface area contributed by atoms with E-state index in [2.05, 4.69) is 13.8 Å². The molecule has 0 aliphatic rings. The first-order chi connectivity index (χ1) is 9.72. The summed E-state index contributed by atoms with van der Waals surface area (Å²) in [6.07, 6.45) is 0.197. The van der Waals surface area contributed by atoms with Crippen molar-refractivity contribution in [1.82, 2.24) is 0 Å². The predicted molar refractivity (Wildman–Crippen MR) is 81.0 cm³/mol. The molecule has 0 aliphatic heterocycles. The molecule has 0 bridgehead atoms. The van der Waals surface area contributed by atoms with Gasteiger partial charge in [0.15, 0.2) is 0 Å². The molecular formula is C16H23NO4. The molecule has 0 saturated heterocycles. The van der Waals surface area contributed by atoms with Gasteiger partial charge in [-0.05, 0) is 30.9 Å². The van der Waals surface area contributed by atoms with Crippen LogP contribution < -0.4 is 0 Å². The van der Waals surface area contributed by atoms with E-state index in [1.165, 1.54) is 6.07 Å². The Labute approximate surface area is 125 Å². The predicted octanol–water partition coefficient (Wildman–Crippen LogP) is 4.05. The quantitative estimate of drug-likeness (QED) is 0.450. The molecule has 116 valence electrons. The Bertz CT molecular complexity index is 523. The van der Waals surface area contributed by atoms with Gasteiger partial charge in [-0.3, -0.25) is 14.9 Å². The molecule has 0 N–H and O–H groups in total. The average Bonchev–Trinajstić information content (AvgIpc) is 2.37. The Hall–Kier alpha value is -1.91. The monoisotopic (exact) mass is 293 g/mol. The number of nitro groups is 1. The van der Waals surface area contributed by atoms with Crippen LogP contribution in [0.25, 0.3) is 0 Å². The molecule has 1 unspecified atom stereocenters. The lowest BCUT2D eigenvalue weighted by atomic mass is 9.98. The molecule has 0 heterocycles. The van der Waals surface area contributed by atoms with Gasteiger partial charge in [0.25, 0.3) is 5.69 Å². The highest BCUT2D eigenvalue weighted by Crippen LogP contribution is 2.29. The summed E-state index contributed by atoms with van der Waals surface area (Å²) in [5.74, 6) is -0.163. The fraction of sp³-hybridized carbons (Fsp3) is 0.562. The van der Waals surface area contributed by atoms with E-state index in [-0.39, 0.29) is 17.6 Å². The molecule has 0 aliphatic carbocycles. The Balaban J connectivity index is 3.10. The van der Waals surface area contributed by atoms with Gasteiger partial charge in [0.2, 0.25) is 0 Å². The zero-order chi connectivity index (χ0) is 16.2. The fourth-order valence-electron chi connectivity index (χ4n) is 2.07. The van der Waals surface area contributed by atoms with E-state index in [1.807, 2.05) is 0 Å². The van der Waals surface area contributed by atoms with Crippen molar-refractivity contribution in [1.29, 1.82) is 0 Å². The standard InChI is InChI=1S/C16H23NO4/c1-10(2)8-13-6-7-15(17(19)20)14(9-13)12(5)21-16(18)11(3)4/h6-7,9-12H,8H2,1-5H3. The Morgan fingerprint density at radius 1 is 1.24 bits per heavy atom. The zero-order valence-electron chi connectivity index (χ0n) is 13.3. The van der Waals surface area contributed by atoms with Gasteiger partial charge in [-0.1, -0.05) is 33.8 Å². The van der Waals surface area contributed by atoms with Crippen LogP contribution in [0.5, 0.6) is 0 Å². The SMILES string of the molecule is CC(C)Cc1ccc([N+](=O)[O-])c(C(C)OC(=O)C(C)C)c1. The molecular weight excluding hydrogens is 270 g/mol. The largest absolute Gasteiger partial charge is 0.457 e. The van der Waals surface area contributed by atoms with Crippen molar-refractivity contribution in [3.63, 3.8) is 0 Å². The zero-order valence-corrected chi connectivity index (χ0v) is 13.3. The molecule has 0 saturated carbocycles. The molecule has 5 nitrogen and oxygen atoms in total. The van der Waals surface area contributed by atoms with E-state index in [9.17, 15) is 14.9 Å². The number of nitrogens with zero attached hydrogens (tertiary/aromatic N) is 1. The number of ether oxygens (including phenoxy) is 1. The molecule has 1 rings (SSSR count). The molecule has 1 aromatic carbocycles. The summed E-state index contributed by atoms with van der Waals surface area (Å²) in [4.78, 5) is 22.4. The summed E-state index contributed by atoms with van der Waals surface area (Å²) >= 11 is 0.